The Labute approximate surface area is 422 Å². The maximum atomic E-state index is 13.7. The van der Waals surface area contributed by atoms with Gasteiger partial charge in [-0.1, -0.05) is 62.3 Å². The van der Waals surface area contributed by atoms with E-state index in [0.717, 1.165) is 43.7 Å². The summed E-state index contributed by atoms with van der Waals surface area (Å²) < 4.78 is 32.6. The molecule has 69 heavy (non-hydrogen) atoms. The molecule has 10 rings (SSSR count). The second-order valence-corrected chi connectivity index (χ2v) is 27.2. The number of ether oxygens (including phenoxy) is 4. The minimum atomic E-state index is -2.46. The number of hydrogen-bond donors (Lipinski definition) is 8. The molecule has 14 nitrogen and oxygen atoms in total. The third-order valence-electron chi connectivity index (χ3n) is 18.3. The third-order valence-corrected chi connectivity index (χ3v) is 24.2. The Bertz CT molecular complexity index is 2190. The number of rotatable bonds is 7. The van der Waals surface area contributed by atoms with E-state index in [1.165, 1.54) is 19.3 Å². The van der Waals surface area contributed by atoms with Crippen molar-refractivity contribution in [2.45, 2.75) is 143 Å². The van der Waals surface area contributed by atoms with Crippen LogP contribution in [0.5, 0.6) is 11.5 Å². The van der Waals surface area contributed by atoms with Crippen LogP contribution < -0.4 is 20.1 Å². The minimum absolute atomic E-state index is 0.00413. The first-order chi connectivity index (χ1) is 33.2. The first kappa shape index (κ1) is 51.1. The van der Waals surface area contributed by atoms with Crippen molar-refractivity contribution in [1.82, 2.24) is 10.6 Å². The highest BCUT2D eigenvalue weighted by molar-refractivity contribution is 8.77. The molecule has 4 aliphatic carbocycles. The summed E-state index contributed by atoms with van der Waals surface area (Å²) in [6.07, 6.45) is 7.13. The van der Waals surface area contributed by atoms with Gasteiger partial charge in [0.15, 0.2) is 16.9 Å². The lowest BCUT2D eigenvalue weighted by Gasteiger charge is -2.67. The van der Waals surface area contributed by atoms with Gasteiger partial charge >= 0.3 is 5.97 Å². The van der Waals surface area contributed by atoms with Crippen molar-refractivity contribution in [3.05, 3.63) is 36.1 Å². The van der Waals surface area contributed by atoms with Crippen LogP contribution in [0, 0.1) is 46.8 Å². The number of aliphatic hydroxyl groups excluding tert-OH is 4. The normalized spacial score (nSPS) is 44.5. The van der Waals surface area contributed by atoms with Crippen molar-refractivity contribution in [3.8, 4) is 11.5 Å². The molecule has 8 N–H and O–H groups in total. The van der Waals surface area contributed by atoms with Crippen LogP contribution in [-0.4, -0.2) is 146 Å². The number of aliphatic hydroxyl groups is 6. The number of carbonyl (C=O) groups is 1. The zero-order chi connectivity index (χ0) is 48.3. The predicted molar refractivity (Wildman–Crippen MR) is 271 cm³/mol. The molecular weight excluding hydrogens is 961 g/mol. The third kappa shape index (κ3) is 8.81. The molecular formula is C51H74N2O12S4. The van der Waals surface area contributed by atoms with Gasteiger partial charge in [-0.15, -0.1) is 0 Å². The monoisotopic (exact) mass is 1030 g/mol. The average Bonchev–Trinajstić information content (AvgIpc) is 4.05. The summed E-state index contributed by atoms with van der Waals surface area (Å²) in [5.74, 6) is 0.951. The lowest BCUT2D eigenvalue weighted by atomic mass is 9.50. The Hall–Kier alpha value is -1.39. The fourth-order valence-electron chi connectivity index (χ4n) is 14.7. The topological polar surface area (TPSA) is 213 Å². The Morgan fingerprint density at radius 3 is 2.67 bits per heavy atom. The molecule has 18 heteroatoms. The van der Waals surface area contributed by atoms with Gasteiger partial charge in [-0.3, -0.25) is 4.79 Å². The summed E-state index contributed by atoms with van der Waals surface area (Å²) in [4.78, 5) is 13.0. The maximum Gasteiger partial charge on any atom is 0.306 e. The fourth-order valence-corrected chi connectivity index (χ4v) is 21.9. The summed E-state index contributed by atoms with van der Waals surface area (Å²) in [6, 6.07) is 3.75. The highest BCUT2D eigenvalue weighted by Crippen LogP contribution is 2.68. The largest absolute Gasteiger partial charge is 0.485 e. The SMILES string of the molecule is CCOC(=O)CCc1cc2ccoc2c2c1O[C@@H]1O[C@@]3(CSS[C@@]45C[C@@H](CSSC[C@@H](CC[C@H]3O)[C@@H](C)CC[C@@H]4NCCO2)[C@]2(CC[C@H](CNC)C2)C5)[C@]2(O)C[C@@H]3C=C[C@H](O)[C@@H](CO)[C@@H]3[C@@]1(O)[C@H]2O. The number of fused-ring (bicyclic) bond motifs is 16. The van der Waals surface area contributed by atoms with E-state index >= 15 is 0 Å². The highest BCUT2D eigenvalue weighted by atomic mass is 33.1. The van der Waals surface area contributed by atoms with Crippen molar-refractivity contribution in [2.24, 2.45) is 46.8 Å². The molecule has 17 atom stereocenters. The van der Waals surface area contributed by atoms with Gasteiger partial charge in [-0.2, -0.15) is 0 Å². The number of hydrogen-bond acceptors (Lipinski definition) is 18. The first-order valence-corrected chi connectivity index (χ1v) is 30.4. The predicted octanol–water partition coefficient (Wildman–Crippen LogP) is 5.87. The highest BCUT2D eigenvalue weighted by Gasteiger charge is 2.78. The summed E-state index contributed by atoms with van der Waals surface area (Å²) in [7, 11) is 9.49. The lowest BCUT2D eigenvalue weighted by Crippen LogP contribution is -2.86. The summed E-state index contributed by atoms with van der Waals surface area (Å²) in [5.41, 5.74) is -5.53. The molecule has 1 aromatic carbocycles. The maximum absolute atomic E-state index is 13.7. The van der Waals surface area contributed by atoms with Gasteiger partial charge in [0.25, 0.3) is 0 Å². The number of aryl methyl sites for hydroxylation is 1. The smallest absolute Gasteiger partial charge is 0.306 e. The Balaban J connectivity index is 1.17. The molecule has 5 heterocycles. The van der Waals surface area contributed by atoms with Crippen LogP contribution in [0.2, 0.25) is 0 Å². The summed E-state index contributed by atoms with van der Waals surface area (Å²) >= 11 is 0. The Morgan fingerprint density at radius 2 is 1.86 bits per heavy atom. The van der Waals surface area contributed by atoms with Crippen molar-refractivity contribution >= 4 is 60.1 Å². The quantitative estimate of drug-likeness (QED) is 0.0926. The fraction of sp³-hybridized carbons (Fsp3) is 0.784. The molecule has 6 fully saturated rings. The zero-order valence-electron chi connectivity index (χ0n) is 40.2. The van der Waals surface area contributed by atoms with E-state index in [1.807, 2.05) is 44.5 Å². The van der Waals surface area contributed by atoms with Gasteiger partial charge in [0.2, 0.25) is 12.0 Å². The second-order valence-electron chi connectivity index (χ2n) is 22.0. The van der Waals surface area contributed by atoms with Crippen molar-refractivity contribution in [1.29, 1.82) is 0 Å². The molecule has 2 aromatic rings. The lowest BCUT2D eigenvalue weighted by molar-refractivity contribution is -0.424. The number of nitrogens with one attached hydrogen (secondary N) is 2. The second kappa shape index (κ2) is 20.4. The van der Waals surface area contributed by atoms with Crippen LogP contribution in [0.15, 0.2) is 35.0 Å². The molecule has 3 saturated heterocycles. The molecule has 4 aliphatic heterocycles. The molecule has 0 amide bonds. The van der Waals surface area contributed by atoms with Gasteiger partial charge < -0.3 is 64.6 Å². The van der Waals surface area contributed by atoms with Gasteiger partial charge in [-0.25, -0.2) is 0 Å². The standard InChI is InChI=1S/C51H74N2O12S4/c1-4-61-40(57)12-8-31-19-32-14-17-62-42(32)44-43(31)64-46-51(60)41-33(6-9-37(55)36(41)24-54)21-49(59,45(51)58)50(65-46)28-68-69-48-22-35(47(27-48)15-13-30(20-47)23-52-3)26-67-66-25-34(7-11-39(50)56)29(2)5-10-38(48)53-16-18-63-44/h6,9,14,17,19,29-30,33-39,41,45-46,52-56,58-60H,4-5,7-8,10-13,15-16,18,20-28H2,1-3H3/t29-,30-,33-,34+,35-,36+,37-,38-,39+,41+,45-,46+,47-,48+,49-,50+,51+/m0/s1. The number of furan rings is 1. The van der Waals surface area contributed by atoms with Gasteiger partial charge in [-0.05, 0) is 144 Å². The summed E-state index contributed by atoms with van der Waals surface area (Å²) in [6.45, 7) is 5.50. The van der Waals surface area contributed by atoms with Crippen LogP contribution in [0.1, 0.15) is 90.0 Å². The van der Waals surface area contributed by atoms with Crippen LogP contribution in [-0.2, 0) is 20.7 Å². The van der Waals surface area contributed by atoms with E-state index in [-0.39, 0.29) is 78.3 Å². The molecule has 8 aliphatic rings. The van der Waals surface area contributed by atoms with E-state index < -0.39 is 71.7 Å². The van der Waals surface area contributed by atoms with E-state index in [4.69, 9.17) is 23.4 Å². The van der Waals surface area contributed by atoms with Crippen molar-refractivity contribution in [2.75, 3.05) is 57.2 Å². The minimum Gasteiger partial charge on any atom is -0.485 e. The number of allylic oxidation sites excluding steroid dienone is 1. The summed E-state index contributed by atoms with van der Waals surface area (Å²) in [5, 5.41) is 84.2. The molecule has 3 spiro atoms. The first-order valence-electron chi connectivity index (χ1n) is 25.6. The van der Waals surface area contributed by atoms with Gasteiger partial charge in [0.1, 0.15) is 23.9 Å². The zero-order valence-corrected chi connectivity index (χ0v) is 43.5. The molecule has 0 unspecified atom stereocenters. The van der Waals surface area contributed by atoms with Crippen molar-refractivity contribution < 1.29 is 58.8 Å². The molecule has 1 aromatic heterocycles. The van der Waals surface area contributed by atoms with Crippen molar-refractivity contribution in [3.63, 3.8) is 0 Å². The van der Waals surface area contributed by atoms with Gasteiger partial charge in [0.05, 0.1) is 25.1 Å². The molecule has 3 saturated carbocycles. The molecule has 8 bridgehead atoms. The number of esters is 1. The number of carbonyl (C=O) groups excluding carboxylic acids is 1. The van der Waals surface area contributed by atoms with Crippen LogP contribution in [0.25, 0.3) is 11.0 Å². The Kier molecular flexibility index (Phi) is 15.1. The number of benzene rings is 1. The van der Waals surface area contributed by atoms with E-state index in [1.54, 1.807) is 36.1 Å². The molecule has 384 valence electrons. The van der Waals surface area contributed by atoms with Gasteiger partial charge in [0, 0.05) is 64.8 Å². The van der Waals surface area contributed by atoms with Crippen LogP contribution >= 0.6 is 43.2 Å². The van der Waals surface area contributed by atoms with E-state index in [2.05, 4.69) is 24.6 Å². The molecule has 0 radical (unpaired) electrons. The van der Waals surface area contributed by atoms with Crippen LogP contribution in [0.4, 0.5) is 0 Å². The Morgan fingerprint density at radius 1 is 1.01 bits per heavy atom. The van der Waals surface area contributed by atoms with Crippen LogP contribution in [0.3, 0.4) is 0 Å². The van der Waals surface area contributed by atoms with E-state index in [9.17, 15) is 35.4 Å². The van der Waals surface area contributed by atoms with E-state index in [0.29, 0.717) is 47.3 Å². The average molecular weight is 1040 g/mol.